The first kappa shape index (κ1) is 17.2. The van der Waals surface area contributed by atoms with Gasteiger partial charge in [0.05, 0.1) is 0 Å². The summed E-state index contributed by atoms with van der Waals surface area (Å²) in [6.07, 6.45) is 2.12. The van der Waals surface area contributed by atoms with Crippen LogP contribution in [0.4, 0.5) is 0 Å². The summed E-state index contributed by atoms with van der Waals surface area (Å²) in [5.41, 5.74) is -0.853. The van der Waals surface area contributed by atoms with Crippen molar-refractivity contribution in [1.29, 1.82) is 0 Å². The largest absolute Gasteiger partial charge is 0.479 e. The van der Waals surface area contributed by atoms with E-state index in [9.17, 15) is 14.7 Å². The molecule has 0 heterocycles. The summed E-state index contributed by atoms with van der Waals surface area (Å²) in [6.45, 7) is 4.15. The number of carbonyl (C=O) groups excluding carboxylic acids is 1. The molecule has 1 amide bonds. The third-order valence-electron chi connectivity index (χ3n) is 3.39. The van der Waals surface area contributed by atoms with Crippen LogP contribution in [-0.4, -0.2) is 30.2 Å². The quantitative estimate of drug-likeness (QED) is 0.685. The Bertz CT molecular complexity index is 461. The summed E-state index contributed by atoms with van der Waals surface area (Å²) in [5, 5.41) is 12.2. The maximum Gasteiger partial charge on any atom is 0.334 e. The van der Waals surface area contributed by atoms with E-state index in [1.54, 1.807) is 37.3 Å². The number of hydrogen-bond acceptors (Lipinski definition) is 3. The highest BCUT2D eigenvalue weighted by Crippen LogP contribution is 2.25. The predicted molar refractivity (Wildman–Crippen MR) is 79.9 cm³/mol. The van der Waals surface area contributed by atoms with E-state index in [1.807, 2.05) is 6.92 Å². The lowest BCUT2D eigenvalue weighted by molar-refractivity contribution is -0.149. The summed E-state index contributed by atoms with van der Waals surface area (Å²) < 4.78 is 5.24. The second-order valence-corrected chi connectivity index (χ2v) is 4.88. The molecule has 5 heteroatoms. The van der Waals surface area contributed by atoms with Crippen LogP contribution in [0.2, 0.25) is 0 Å². The summed E-state index contributed by atoms with van der Waals surface area (Å²) >= 11 is 0. The van der Waals surface area contributed by atoms with Crippen LogP contribution in [-0.2, 0) is 19.9 Å². The standard InChI is InChI=1S/C16H23NO4/c1-3-5-11-21-12-14(18)17-16(4-2,15(19)20)13-9-7-6-8-10-13/h6-10H,3-5,11-12H2,1-2H3,(H,17,18)(H,19,20). The molecule has 1 aromatic rings. The first-order chi connectivity index (χ1) is 10.1. The van der Waals surface area contributed by atoms with Crippen LogP contribution < -0.4 is 5.32 Å². The van der Waals surface area contributed by atoms with E-state index in [1.165, 1.54) is 0 Å². The molecular weight excluding hydrogens is 270 g/mol. The van der Waals surface area contributed by atoms with Gasteiger partial charge in [0.25, 0.3) is 0 Å². The smallest absolute Gasteiger partial charge is 0.334 e. The fraction of sp³-hybridized carbons (Fsp3) is 0.500. The molecule has 0 radical (unpaired) electrons. The maximum atomic E-state index is 12.0. The molecule has 1 unspecified atom stereocenters. The molecule has 0 spiro atoms. The SMILES string of the molecule is CCCCOCC(=O)NC(CC)(C(=O)O)c1ccccc1. The molecule has 0 aliphatic carbocycles. The topological polar surface area (TPSA) is 75.6 Å². The van der Waals surface area contributed by atoms with Crippen LogP contribution in [0, 0.1) is 0 Å². The van der Waals surface area contributed by atoms with Gasteiger partial charge in [0.2, 0.25) is 5.91 Å². The van der Waals surface area contributed by atoms with Gasteiger partial charge in [-0.3, -0.25) is 4.79 Å². The molecule has 0 aliphatic heterocycles. The van der Waals surface area contributed by atoms with Gasteiger partial charge < -0.3 is 15.2 Å². The Balaban J connectivity index is 2.80. The van der Waals surface area contributed by atoms with Crippen LogP contribution in [0.15, 0.2) is 30.3 Å². The molecule has 1 atom stereocenters. The molecule has 0 fully saturated rings. The summed E-state index contributed by atoms with van der Waals surface area (Å²) in [4.78, 5) is 23.7. The number of aliphatic carboxylic acids is 1. The Morgan fingerprint density at radius 3 is 2.43 bits per heavy atom. The fourth-order valence-electron chi connectivity index (χ4n) is 2.10. The van der Waals surface area contributed by atoms with E-state index < -0.39 is 17.4 Å². The molecule has 0 bridgehead atoms. The lowest BCUT2D eigenvalue weighted by Crippen LogP contribution is -2.52. The minimum atomic E-state index is -1.41. The number of unbranched alkanes of at least 4 members (excludes halogenated alkanes) is 1. The van der Waals surface area contributed by atoms with Gasteiger partial charge in [0.15, 0.2) is 5.54 Å². The lowest BCUT2D eigenvalue weighted by atomic mass is 9.87. The van der Waals surface area contributed by atoms with Crippen molar-refractivity contribution in [2.75, 3.05) is 13.2 Å². The first-order valence-electron chi connectivity index (χ1n) is 7.24. The van der Waals surface area contributed by atoms with E-state index in [4.69, 9.17) is 4.74 Å². The van der Waals surface area contributed by atoms with E-state index >= 15 is 0 Å². The van der Waals surface area contributed by atoms with Crippen molar-refractivity contribution in [2.45, 2.75) is 38.6 Å². The highest BCUT2D eigenvalue weighted by atomic mass is 16.5. The molecule has 1 aromatic carbocycles. The molecule has 0 saturated heterocycles. The van der Waals surface area contributed by atoms with Crippen LogP contribution in [0.5, 0.6) is 0 Å². The Labute approximate surface area is 125 Å². The third kappa shape index (κ3) is 4.56. The van der Waals surface area contributed by atoms with Crippen LogP contribution in [0.25, 0.3) is 0 Å². The fourth-order valence-corrected chi connectivity index (χ4v) is 2.10. The third-order valence-corrected chi connectivity index (χ3v) is 3.39. The maximum absolute atomic E-state index is 12.0. The zero-order valence-corrected chi connectivity index (χ0v) is 12.6. The normalized spacial score (nSPS) is 13.4. The van der Waals surface area contributed by atoms with E-state index in [-0.39, 0.29) is 13.0 Å². The zero-order chi connectivity index (χ0) is 15.7. The molecule has 0 aliphatic rings. The minimum absolute atomic E-state index is 0.123. The molecule has 116 valence electrons. The number of amides is 1. The minimum Gasteiger partial charge on any atom is -0.479 e. The van der Waals surface area contributed by atoms with Crippen molar-refractivity contribution in [3.8, 4) is 0 Å². The molecule has 21 heavy (non-hydrogen) atoms. The second-order valence-electron chi connectivity index (χ2n) is 4.88. The molecule has 2 N–H and O–H groups in total. The summed E-state index contributed by atoms with van der Waals surface area (Å²) in [5.74, 6) is -1.49. The van der Waals surface area contributed by atoms with Gasteiger partial charge in [0.1, 0.15) is 6.61 Å². The molecule has 0 aromatic heterocycles. The van der Waals surface area contributed by atoms with Gasteiger partial charge in [-0.05, 0) is 18.4 Å². The number of carbonyl (C=O) groups is 2. The van der Waals surface area contributed by atoms with Crippen molar-refractivity contribution in [3.05, 3.63) is 35.9 Å². The van der Waals surface area contributed by atoms with Gasteiger partial charge in [-0.1, -0.05) is 50.6 Å². The number of carboxylic acid groups (broad SMARTS) is 1. The second kappa shape index (κ2) is 8.42. The lowest BCUT2D eigenvalue weighted by Gasteiger charge is -2.30. The highest BCUT2D eigenvalue weighted by molar-refractivity contribution is 5.88. The Hall–Kier alpha value is -1.88. The summed E-state index contributed by atoms with van der Waals surface area (Å²) in [6, 6.07) is 8.73. The van der Waals surface area contributed by atoms with Gasteiger partial charge in [-0.2, -0.15) is 0 Å². The molecule has 0 saturated carbocycles. The van der Waals surface area contributed by atoms with Gasteiger partial charge >= 0.3 is 5.97 Å². The number of benzene rings is 1. The van der Waals surface area contributed by atoms with Crippen molar-refractivity contribution in [1.82, 2.24) is 5.32 Å². The van der Waals surface area contributed by atoms with Crippen molar-refractivity contribution < 1.29 is 19.4 Å². The highest BCUT2D eigenvalue weighted by Gasteiger charge is 2.40. The average Bonchev–Trinajstić information content (AvgIpc) is 2.50. The van der Waals surface area contributed by atoms with Gasteiger partial charge in [0, 0.05) is 6.61 Å². The molecule has 1 rings (SSSR count). The number of nitrogens with one attached hydrogen (secondary N) is 1. The number of ether oxygens (including phenoxy) is 1. The average molecular weight is 293 g/mol. The van der Waals surface area contributed by atoms with Gasteiger partial charge in [-0.15, -0.1) is 0 Å². The summed E-state index contributed by atoms with van der Waals surface area (Å²) in [7, 11) is 0. The number of rotatable bonds is 9. The molecule has 5 nitrogen and oxygen atoms in total. The van der Waals surface area contributed by atoms with Gasteiger partial charge in [-0.25, -0.2) is 4.79 Å². The van der Waals surface area contributed by atoms with Crippen LogP contribution >= 0.6 is 0 Å². The number of carboxylic acids is 1. The Morgan fingerprint density at radius 1 is 1.24 bits per heavy atom. The van der Waals surface area contributed by atoms with Crippen molar-refractivity contribution in [3.63, 3.8) is 0 Å². The van der Waals surface area contributed by atoms with E-state index in [2.05, 4.69) is 5.32 Å². The molecular formula is C16H23NO4. The number of hydrogen-bond donors (Lipinski definition) is 2. The van der Waals surface area contributed by atoms with E-state index in [0.717, 1.165) is 12.8 Å². The van der Waals surface area contributed by atoms with E-state index in [0.29, 0.717) is 12.2 Å². The van der Waals surface area contributed by atoms with Crippen LogP contribution in [0.1, 0.15) is 38.7 Å². The Kier molecular flexibility index (Phi) is 6.88. The zero-order valence-electron chi connectivity index (χ0n) is 12.6. The van der Waals surface area contributed by atoms with Crippen molar-refractivity contribution in [2.24, 2.45) is 0 Å². The monoisotopic (exact) mass is 293 g/mol. The van der Waals surface area contributed by atoms with Crippen molar-refractivity contribution >= 4 is 11.9 Å². The van der Waals surface area contributed by atoms with Crippen LogP contribution in [0.3, 0.4) is 0 Å². The Morgan fingerprint density at radius 2 is 1.90 bits per heavy atom. The predicted octanol–water partition coefficient (Wildman–Crippen LogP) is 2.31. The first-order valence-corrected chi connectivity index (χ1v) is 7.24.